The lowest BCUT2D eigenvalue weighted by molar-refractivity contribution is -0.120. The maximum absolute atomic E-state index is 12.1. The number of fused-ring (bicyclic) bond motifs is 2. The van der Waals surface area contributed by atoms with Gasteiger partial charge in [-0.15, -0.1) is 6.58 Å². The van der Waals surface area contributed by atoms with E-state index in [-0.39, 0.29) is 11.8 Å². The molecule has 11 nitrogen and oxygen atoms in total. The van der Waals surface area contributed by atoms with Gasteiger partial charge in [0.15, 0.2) is 5.82 Å². The van der Waals surface area contributed by atoms with Crippen molar-refractivity contribution in [2.24, 2.45) is 13.0 Å². The first-order valence-electron chi connectivity index (χ1n) is 20.7. The van der Waals surface area contributed by atoms with Crippen molar-refractivity contribution in [1.29, 1.82) is 0 Å². The lowest BCUT2D eigenvalue weighted by Gasteiger charge is -2.46. The van der Waals surface area contributed by atoms with Gasteiger partial charge in [0.25, 0.3) is 0 Å². The van der Waals surface area contributed by atoms with Crippen LogP contribution in [0, 0.1) is 5.92 Å². The SMILES string of the molecule is C=CCCC1=Cc2cc(Nc3nc(N4CC(C)N(CC5CCN(c6cccc7c(C(C)CCC(=O)NC=C)nn(C)c67)CC5)C(C)C4)ncc3Cl)ccc2N(C)C1=C. The first-order valence-corrected chi connectivity index (χ1v) is 21.1. The average Bonchev–Trinajstić information content (AvgIpc) is 3.56. The molecule has 0 aliphatic carbocycles. The third kappa shape index (κ3) is 8.66. The molecule has 7 rings (SSSR count). The first kappa shape index (κ1) is 41.0. The number of rotatable bonds is 14. The van der Waals surface area contributed by atoms with E-state index in [1.54, 1.807) is 6.20 Å². The van der Waals surface area contributed by atoms with Crippen LogP contribution in [-0.4, -0.2) is 82.4 Å². The number of para-hydroxylation sites is 1. The summed E-state index contributed by atoms with van der Waals surface area (Å²) in [7, 11) is 4.10. The number of benzene rings is 2. The number of hydrogen-bond acceptors (Lipinski definition) is 9. The lowest BCUT2D eigenvalue weighted by Crippen LogP contribution is -2.58. The summed E-state index contributed by atoms with van der Waals surface area (Å²) >= 11 is 6.69. The number of carbonyl (C=O) groups is 1. The standard InChI is InChI=1S/C46H59ClN10O/c1-9-11-13-35-24-36-25-37(17-18-40(36)53(7)33(35)6)50-45-39(47)26-49-46(51-45)56-27-31(4)57(32(5)28-56)29-34-20-22-55(23-21-34)41-15-12-14-38-43(52-54(8)44(38)41)30(3)16-19-42(58)48-10-2/h9-10,12,14-15,17-18,24-26,30-32,34H,1-2,6,11,13,16,19-23,27-29H2,3-5,7-8H3,(H,48,58)(H,49,50,51). The Bertz CT molecular complexity index is 2190. The third-order valence-electron chi connectivity index (χ3n) is 12.3. The Morgan fingerprint density at radius 2 is 1.81 bits per heavy atom. The van der Waals surface area contributed by atoms with Crippen LogP contribution in [0.15, 0.2) is 85.9 Å². The van der Waals surface area contributed by atoms with Gasteiger partial charge in [-0.3, -0.25) is 14.4 Å². The van der Waals surface area contributed by atoms with Gasteiger partial charge >= 0.3 is 0 Å². The molecule has 0 spiro atoms. The highest BCUT2D eigenvalue weighted by atomic mass is 35.5. The summed E-state index contributed by atoms with van der Waals surface area (Å²) in [6, 6.07) is 13.6. The van der Waals surface area contributed by atoms with Crippen LogP contribution < -0.4 is 25.3 Å². The molecule has 2 aromatic heterocycles. The molecule has 0 saturated carbocycles. The molecule has 2 aromatic carbocycles. The molecule has 2 fully saturated rings. The van der Waals surface area contributed by atoms with E-state index in [0.717, 1.165) is 93.2 Å². The van der Waals surface area contributed by atoms with E-state index < -0.39 is 0 Å². The zero-order chi connectivity index (χ0) is 41.1. The van der Waals surface area contributed by atoms with Crippen LogP contribution >= 0.6 is 11.6 Å². The van der Waals surface area contributed by atoms with Gasteiger partial charge in [-0.1, -0.05) is 49.9 Å². The van der Waals surface area contributed by atoms with Gasteiger partial charge in [0, 0.05) is 99.3 Å². The second-order valence-corrected chi connectivity index (χ2v) is 16.8. The van der Waals surface area contributed by atoms with E-state index in [9.17, 15) is 4.79 Å². The van der Waals surface area contributed by atoms with E-state index in [2.05, 4.69) is 120 Å². The number of piperazine rings is 1. The van der Waals surface area contributed by atoms with Crippen LogP contribution in [-0.2, 0) is 11.8 Å². The maximum atomic E-state index is 12.1. The van der Waals surface area contributed by atoms with Crippen LogP contribution in [0.2, 0.25) is 5.02 Å². The van der Waals surface area contributed by atoms with Crippen LogP contribution in [0.5, 0.6) is 0 Å². The fourth-order valence-electron chi connectivity index (χ4n) is 9.06. The molecular formula is C46H59ClN10O. The van der Waals surface area contributed by atoms with Crippen molar-refractivity contribution in [3.63, 3.8) is 0 Å². The molecule has 3 aliphatic rings. The molecule has 4 aromatic rings. The Morgan fingerprint density at radius 1 is 1.05 bits per heavy atom. The molecule has 306 valence electrons. The molecule has 3 aliphatic heterocycles. The molecule has 5 heterocycles. The number of allylic oxidation sites excluding steroid dienone is 2. The van der Waals surface area contributed by atoms with Crippen LogP contribution in [0.1, 0.15) is 76.5 Å². The number of piperidine rings is 1. The number of nitrogens with one attached hydrogen (secondary N) is 2. The highest BCUT2D eigenvalue weighted by Crippen LogP contribution is 2.38. The molecule has 0 radical (unpaired) electrons. The second-order valence-electron chi connectivity index (χ2n) is 16.4. The van der Waals surface area contributed by atoms with E-state index >= 15 is 0 Å². The number of aryl methyl sites for hydroxylation is 1. The average molecular weight is 803 g/mol. The summed E-state index contributed by atoms with van der Waals surface area (Å²) in [6.07, 6.45) is 12.6. The lowest BCUT2D eigenvalue weighted by atomic mass is 9.93. The Kier molecular flexibility index (Phi) is 12.6. The minimum Gasteiger partial charge on any atom is -0.370 e. The number of carbonyl (C=O) groups excluding carboxylic acids is 1. The third-order valence-corrected chi connectivity index (χ3v) is 12.6. The number of halogens is 1. The number of aromatic nitrogens is 4. The second kappa shape index (κ2) is 17.8. The number of anilines is 5. The van der Waals surface area contributed by atoms with Gasteiger partial charge in [-0.25, -0.2) is 4.98 Å². The number of hydrogen-bond donors (Lipinski definition) is 2. The summed E-state index contributed by atoms with van der Waals surface area (Å²) in [5.41, 5.74) is 8.87. The highest BCUT2D eigenvalue weighted by Gasteiger charge is 2.34. The van der Waals surface area contributed by atoms with Crippen molar-refractivity contribution in [3.8, 4) is 0 Å². The fourth-order valence-corrected chi connectivity index (χ4v) is 9.20. The van der Waals surface area contributed by atoms with Gasteiger partial charge in [0.1, 0.15) is 5.02 Å². The van der Waals surface area contributed by atoms with Crippen molar-refractivity contribution in [3.05, 3.63) is 102 Å². The maximum Gasteiger partial charge on any atom is 0.227 e. The van der Waals surface area contributed by atoms with Crippen molar-refractivity contribution in [2.45, 2.75) is 77.3 Å². The monoisotopic (exact) mass is 802 g/mol. The predicted molar refractivity (Wildman–Crippen MR) is 241 cm³/mol. The number of amides is 1. The molecule has 12 heteroatoms. The van der Waals surface area contributed by atoms with Gasteiger partial charge in [0.2, 0.25) is 11.9 Å². The number of likely N-dealkylation sites (N-methyl/N-ethyl adjacent to an activating group) is 1. The van der Waals surface area contributed by atoms with Gasteiger partial charge < -0.3 is 25.3 Å². The molecular weight excluding hydrogens is 744 g/mol. The van der Waals surface area contributed by atoms with E-state index in [1.807, 2.05) is 17.8 Å². The molecule has 2 saturated heterocycles. The van der Waals surface area contributed by atoms with Crippen molar-refractivity contribution in [1.82, 2.24) is 30.0 Å². The summed E-state index contributed by atoms with van der Waals surface area (Å²) < 4.78 is 2.03. The van der Waals surface area contributed by atoms with Crippen molar-refractivity contribution >= 4 is 63.3 Å². The topological polar surface area (TPSA) is 97.7 Å². The largest absolute Gasteiger partial charge is 0.370 e. The minimum absolute atomic E-state index is 0.0104. The van der Waals surface area contributed by atoms with Crippen LogP contribution in [0.3, 0.4) is 0 Å². The Morgan fingerprint density at radius 3 is 2.53 bits per heavy atom. The first-order chi connectivity index (χ1) is 27.9. The Hall–Kier alpha value is -5.13. The van der Waals surface area contributed by atoms with E-state index in [0.29, 0.717) is 41.2 Å². The van der Waals surface area contributed by atoms with Crippen molar-refractivity contribution < 1.29 is 4.79 Å². The summed E-state index contributed by atoms with van der Waals surface area (Å²) in [6.45, 7) is 23.4. The number of nitrogens with zero attached hydrogens (tertiary/aromatic N) is 8. The molecule has 3 atom stereocenters. The fraction of sp³-hybridized carbons (Fsp3) is 0.435. The predicted octanol–water partition coefficient (Wildman–Crippen LogP) is 9.03. The molecule has 1 amide bonds. The minimum atomic E-state index is -0.0104. The van der Waals surface area contributed by atoms with Crippen LogP contribution in [0.25, 0.3) is 17.0 Å². The smallest absolute Gasteiger partial charge is 0.227 e. The zero-order valence-electron chi connectivity index (χ0n) is 34.8. The van der Waals surface area contributed by atoms with Gasteiger partial charge in [-0.05, 0) is 94.0 Å². The molecule has 0 bridgehead atoms. The van der Waals surface area contributed by atoms with Gasteiger partial charge in [0.05, 0.1) is 23.1 Å². The van der Waals surface area contributed by atoms with E-state index in [1.165, 1.54) is 28.4 Å². The summed E-state index contributed by atoms with van der Waals surface area (Å²) in [5.74, 6) is 2.08. The summed E-state index contributed by atoms with van der Waals surface area (Å²) in [4.78, 5) is 31.4. The highest BCUT2D eigenvalue weighted by molar-refractivity contribution is 6.32. The quantitative estimate of drug-likeness (QED) is 0.121. The van der Waals surface area contributed by atoms with Crippen molar-refractivity contribution in [2.75, 3.05) is 59.8 Å². The Labute approximate surface area is 349 Å². The van der Waals surface area contributed by atoms with Gasteiger partial charge in [-0.2, -0.15) is 10.1 Å². The molecule has 2 N–H and O–H groups in total. The zero-order valence-corrected chi connectivity index (χ0v) is 35.6. The molecule has 58 heavy (non-hydrogen) atoms. The summed E-state index contributed by atoms with van der Waals surface area (Å²) in [5, 5.41) is 12.8. The Balaban J connectivity index is 0.963. The normalized spacial score (nSPS) is 19.5. The van der Waals surface area contributed by atoms with E-state index in [4.69, 9.17) is 26.7 Å². The van der Waals surface area contributed by atoms with Crippen LogP contribution in [0.4, 0.5) is 28.8 Å². The molecule has 3 unspecified atom stereocenters.